The van der Waals surface area contributed by atoms with E-state index >= 15 is 0 Å². The Morgan fingerprint density at radius 3 is 2.29 bits per heavy atom. The van der Waals surface area contributed by atoms with Gasteiger partial charge in [-0.1, -0.05) is 0 Å². The van der Waals surface area contributed by atoms with Gasteiger partial charge >= 0.3 is 7.60 Å². The van der Waals surface area contributed by atoms with Crippen molar-refractivity contribution in [2.45, 2.75) is 38.0 Å². The Morgan fingerprint density at radius 2 is 2.00 bits per heavy atom. The van der Waals surface area contributed by atoms with E-state index < -0.39 is 23.8 Å². The molecule has 0 fully saturated rings. The third-order valence-electron chi connectivity index (χ3n) is 1.98. The molecule has 0 spiro atoms. The van der Waals surface area contributed by atoms with Gasteiger partial charge in [0.25, 0.3) is 0 Å². The maximum atomic E-state index is 10.6. The SMILES string of the molecule is CC(C)(CCC(N)P(=O)(O)O)[N+](=O)[O-]. The molecule has 0 aliphatic heterocycles. The summed E-state index contributed by atoms with van der Waals surface area (Å²) < 4.78 is 10.6. The van der Waals surface area contributed by atoms with Crippen LogP contribution >= 0.6 is 7.60 Å². The molecule has 0 rings (SSSR count). The fourth-order valence-corrected chi connectivity index (χ4v) is 1.23. The largest absolute Gasteiger partial charge is 0.342 e. The predicted molar refractivity (Wildman–Crippen MR) is 50.3 cm³/mol. The topological polar surface area (TPSA) is 127 Å². The predicted octanol–water partition coefficient (Wildman–Crippen LogP) is 0.284. The lowest BCUT2D eigenvalue weighted by Gasteiger charge is -2.18. The minimum Gasteiger partial charge on any atom is -0.323 e. The lowest BCUT2D eigenvalue weighted by atomic mass is 10.00. The molecule has 0 amide bonds. The van der Waals surface area contributed by atoms with Gasteiger partial charge in [0.15, 0.2) is 0 Å². The highest BCUT2D eigenvalue weighted by Crippen LogP contribution is 2.41. The van der Waals surface area contributed by atoms with Crippen LogP contribution in [-0.4, -0.2) is 26.0 Å². The Labute approximate surface area is 81.6 Å². The van der Waals surface area contributed by atoms with Crippen LogP contribution in [0.5, 0.6) is 0 Å². The molecule has 1 atom stereocenters. The Balaban J connectivity index is 4.20. The minimum atomic E-state index is -4.32. The summed E-state index contributed by atoms with van der Waals surface area (Å²) in [5, 5.41) is 10.5. The van der Waals surface area contributed by atoms with Crippen molar-refractivity contribution in [3.8, 4) is 0 Å². The highest BCUT2D eigenvalue weighted by atomic mass is 31.2. The van der Waals surface area contributed by atoms with E-state index in [9.17, 15) is 14.7 Å². The molecular weight excluding hydrogens is 211 g/mol. The van der Waals surface area contributed by atoms with Crippen molar-refractivity contribution in [3.05, 3.63) is 10.1 Å². The molecule has 0 aliphatic carbocycles. The zero-order chi connectivity index (χ0) is 11.6. The van der Waals surface area contributed by atoms with E-state index in [1.165, 1.54) is 13.8 Å². The first-order chi connectivity index (χ1) is 6.07. The number of hydrogen-bond acceptors (Lipinski definition) is 4. The zero-order valence-corrected chi connectivity index (χ0v) is 8.98. The van der Waals surface area contributed by atoms with E-state index in [2.05, 4.69) is 0 Å². The van der Waals surface area contributed by atoms with Gasteiger partial charge in [0.1, 0.15) is 5.78 Å². The summed E-state index contributed by atoms with van der Waals surface area (Å²) >= 11 is 0. The third-order valence-corrected chi connectivity index (χ3v) is 3.10. The summed E-state index contributed by atoms with van der Waals surface area (Å²) in [5.41, 5.74) is 3.97. The summed E-state index contributed by atoms with van der Waals surface area (Å²) in [6.07, 6.45) is -0.0372. The second kappa shape index (κ2) is 4.35. The van der Waals surface area contributed by atoms with E-state index in [1.54, 1.807) is 0 Å². The molecule has 8 heteroatoms. The second-order valence-corrected chi connectivity index (χ2v) is 5.61. The Hall–Kier alpha value is -0.490. The molecule has 84 valence electrons. The van der Waals surface area contributed by atoms with Gasteiger partial charge in [-0.3, -0.25) is 14.7 Å². The highest BCUT2D eigenvalue weighted by Gasteiger charge is 2.34. The molecule has 0 radical (unpaired) electrons. The standard InChI is InChI=1S/C6H15N2O5P/c1-6(2,8(9)10)4-3-5(7)14(11,12)13/h5H,3-4,7H2,1-2H3,(H2,11,12,13). The third kappa shape index (κ3) is 4.15. The summed E-state index contributed by atoms with van der Waals surface area (Å²) in [4.78, 5) is 27.2. The monoisotopic (exact) mass is 226 g/mol. The summed E-state index contributed by atoms with van der Waals surface area (Å²) in [7, 11) is -4.32. The molecule has 0 saturated heterocycles. The Bertz CT molecular complexity index is 261. The van der Waals surface area contributed by atoms with Crippen LogP contribution in [0.1, 0.15) is 26.7 Å². The van der Waals surface area contributed by atoms with E-state index in [0.29, 0.717) is 0 Å². The smallest absolute Gasteiger partial charge is 0.323 e. The molecule has 0 aromatic rings. The maximum absolute atomic E-state index is 10.6. The molecule has 7 nitrogen and oxygen atoms in total. The molecule has 0 aliphatic rings. The van der Waals surface area contributed by atoms with Crippen molar-refractivity contribution in [1.82, 2.24) is 0 Å². The maximum Gasteiger partial charge on any atom is 0.342 e. The number of hydrogen-bond donors (Lipinski definition) is 3. The van der Waals surface area contributed by atoms with Crippen LogP contribution in [0.3, 0.4) is 0 Å². The molecule has 14 heavy (non-hydrogen) atoms. The fraction of sp³-hybridized carbons (Fsp3) is 1.00. The molecule has 0 aromatic heterocycles. The minimum absolute atomic E-state index is 0.0340. The van der Waals surface area contributed by atoms with Crippen molar-refractivity contribution in [2.75, 3.05) is 0 Å². The lowest BCUT2D eigenvalue weighted by molar-refractivity contribution is -0.561. The number of nitrogens with two attached hydrogens (primary N) is 1. The van der Waals surface area contributed by atoms with Crippen LogP contribution in [0.25, 0.3) is 0 Å². The van der Waals surface area contributed by atoms with Crippen LogP contribution < -0.4 is 5.73 Å². The average Bonchev–Trinajstić information content (AvgIpc) is 1.98. The summed E-state index contributed by atoms with van der Waals surface area (Å²) in [5.74, 6) is -1.32. The summed E-state index contributed by atoms with van der Waals surface area (Å²) in [6, 6.07) is 0. The van der Waals surface area contributed by atoms with E-state index in [4.69, 9.17) is 15.5 Å². The van der Waals surface area contributed by atoms with Crippen molar-refractivity contribution in [1.29, 1.82) is 0 Å². The normalized spacial score (nSPS) is 15.2. The van der Waals surface area contributed by atoms with Crippen molar-refractivity contribution in [2.24, 2.45) is 5.73 Å². The number of rotatable bonds is 5. The zero-order valence-electron chi connectivity index (χ0n) is 8.08. The van der Waals surface area contributed by atoms with Gasteiger partial charge in [0, 0.05) is 25.2 Å². The van der Waals surface area contributed by atoms with Crippen molar-refractivity contribution in [3.63, 3.8) is 0 Å². The molecule has 0 saturated carbocycles. The number of nitro groups is 1. The fourth-order valence-electron chi connectivity index (χ4n) is 0.761. The molecule has 0 heterocycles. The van der Waals surface area contributed by atoms with Crippen molar-refractivity contribution >= 4 is 7.60 Å². The van der Waals surface area contributed by atoms with Gasteiger partial charge in [-0.25, -0.2) is 0 Å². The first-order valence-electron chi connectivity index (χ1n) is 4.02. The summed E-state index contributed by atoms with van der Waals surface area (Å²) in [6.45, 7) is 2.78. The van der Waals surface area contributed by atoms with Crippen LogP contribution in [0, 0.1) is 10.1 Å². The Kier molecular flexibility index (Phi) is 4.20. The van der Waals surface area contributed by atoms with Crippen LogP contribution in [0.2, 0.25) is 0 Å². The lowest BCUT2D eigenvalue weighted by Crippen LogP contribution is -2.33. The van der Waals surface area contributed by atoms with Gasteiger partial charge < -0.3 is 15.5 Å². The van der Waals surface area contributed by atoms with Crippen LogP contribution in [0.4, 0.5) is 0 Å². The van der Waals surface area contributed by atoms with E-state index in [1.807, 2.05) is 0 Å². The van der Waals surface area contributed by atoms with Crippen molar-refractivity contribution < 1.29 is 19.3 Å². The molecule has 1 unspecified atom stereocenters. The van der Waals surface area contributed by atoms with Gasteiger partial charge in [0.2, 0.25) is 5.54 Å². The molecule has 0 bridgehead atoms. The molecular formula is C6H15N2O5P. The molecule has 4 N–H and O–H groups in total. The van der Waals surface area contributed by atoms with Crippen LogP contribution in [0.15, 0.2) is 0 Å². The van der Waals surface area contributed by atoms with Gasteiger partial charge in [0.05, 0.1) is 0 Å². The first kappa shape index (κ1) is 13.5. The van der Waals surface area contributed by atoms with Gasteiger partial charge in [-0.05, 0) is 6.42 Å². The first-order valence-corrected chi connectivity index (χ1v) is 5.71. The van der Waals surface area contributed by atoms with E-state index in [-0.39, 0.29) is 12.8 Å². The van der Waals surface area contributed by atoms with Crippen LogP contribution in [-0.2, 0) is 4.57 Å². The van der Waals surface area contributed by atoms with E-state index in [0.717, 1.165) is 0 Å². The highest BCUT2D eigenvalue weighted by molar-refractivity contribution is 7.52. The average molecular weight is 226 g/mol. The Morgan fingerprint density at radius 1 is 1.57 bits per heavy atom. The van der Waals surface area contributed by atoms with Gasteiger partial charge in [-0.15, -0.1) is 0 Å². The number of nitrogens with zero attached hydrogens (tertiary/aromatic N) is 1. The molecule has 0 aromatic carbocycles. The second-order valence-electron chi connectivity index (χ2n) is 3.76. The quantitative estimate of drug-likeness (QED) is 0.351. The van der Waals surface area contributed by atoms with Gasteiger partial charge in [-0.2, -0.15) is 0 Å².